The minimum atomic E-state index is -2.97. The fraction of sp³-hybridized carbons (Fsp3) is 0.800. The Balaban J connectivity index is 1.80. The highest BCUT2D eigenvalue weighted by molar-refractivity contribution is 7.91. The maximum Gasteiger partial charge on any atom is 0.239 e. The van der Waals surface area contributed by atoms with Gasteiger partial charge in [0, 0.05) is 19.0 Å². The van der Waals surface area contributed by atoms with E-state index in [9.17, 15) is 18.0 Å². The molecule has 2 aliphatic heterocycles. The van der Waals surface area contributed by atoms with Crippen LogP contribution >= 0.6 is 0 Å². The number of hydrogen-bond acceptors (Lipinski definition) is 4. The van der Waals surface area contributed by atoms with E-state index in [1.807, 2.05) is 0 Å². The summed E-state index contributed by atoms with van der Waals surface area (Å²) >= 11 is 0. The molecule has 7 heteroatoms. The lowest BCUT2D eigenvalue weighted by Crippen LogP contribution is -2.42. The molecule has 6 nitrogen and oxygen atoms in total. The number of carbonyl (C=O) groups excluding carboxylic acids is 2. The first-order valence-electron chi connectivity index (χ1n) is 5.74. The summed E-state index contributed by atoms with van der Waals surface area (Å²) in [6.45, 7) is 0.671. The van der Waals surface area contributed by atoms with Crippen molar-refractivity contribution in [2.24, 2.45) is 0 Å². The third kappa shape index (κ3) is 3.18. The first-order valence-corrected chi connectivity index (χ1v) is 7.56. The fourth-order valence-corrected chi connectivity index (χ4v) is 3.90. The Kier molecular flexibility index (Phi) is 3.37. The zero-order chi connectivity index (χ0) is 12.5. The molecule has 1 atom stereocenters. The summed E-state index contributed by atoms with van der Waals surface area (Å²) in [4.78, 5) is 24.4. The lowest BCUT2D eigenvalue weighted by atomic mass is 10.2. The summed E-state index contributed by atoms with van der Waals surface area (Å²) in [5.74, 6) is -0.102. The Morgan fingerprint density at radius 2 is 2.24 bits per heavy atom. The van der Waals surface area contributed by atoms with Crippen LogP contribution in [-0.2, 0) is 19.4 Å². The number of rotatable bonds is 3. The predicted octanol–water partition coefficient (Wildman–Crippen LogP) is -1.09. The molecule has 0 spiro atoms. The molecule has 2 fully saturated rings. The van der Waals surface area contributed by atoms with Gasteiger partial charge in [-0.1, -0.05) is 0 Å². The maximum absolute atomic E-state index is 11.6. The van der Waals surface area contributed by atoms with Gasteiger partial charge in [0.1, 0.15) is 0 Å². The van der Waals surface area contributed by atoms with E-state index in [-0.39, 0.29) is 35.9 Å². The Bertz CT molecular complexity index is 432. The van der Waals surface area contributed by atoms with Gasteiger partial charge in [-0.2, -0.15) is 0 Å². The van der Waals surface area contributed by atoms with Crippen LogP contribution < -0.4 is 5.32 Å². The SMILES string of the molecule is O=C(CN1CCCC1=O)N[C@@H]1CCS(=O)(=O)C1. The van der Waals surface area contributed by atoms with Crippen molar-refractivity contribution in [2.75, 3.05) is 24.6 Å². The fourth-order valence-electron chi connectivity index (χ4n) is 2.23. The van der Waals surface area contributed by atoms with E-state index in [0.717, 1.165) is 6.42 Å². The summed E-state index contributed by atoms with van der Waals surface area (Å²) in [5, 5.41) is 2.67. The van der Waals surface area contributed by atoms with Crippen LogP contribution in [-0.4, -0.2) is 55.8 Å². The number of hydrogen-bond donors (Lipinski definition) is 1. The molecule has 17 heavy (non-hydrogen) atoms. The van der Waals surface area contributed by atoms with Crippen molar-refractivity contribution < 1.29 is 18.0 Å². The lowest BCUT2D eigenvalue weighted by Gasteiger charge is -2.17. The smallest absolute Gasteiger partial charge is 0.239 e. The third-order valence-corrected chi connectivity index (χ3v) is 4.87. The minimum absolute atomic E-state index is 0.000747. The van der Waals surface area contributed by atoms with E-state index in [0.29, 0.717) is 19.4 Å². The third-order valence-electron chi connectivity index (χ3n) is 3.10. The highest BCUT2D eigenvalue weighted by Crippen LogP contribution is 2.12. The van der Waals surface area contributed by atoms with E-state index < -0.39 is 9.84 Å². The van der Waals surface area contributed by atoms with Gasteiger partial charge in [0.2, 0.25) is 11.8 Å². The second-order valence-corrected chi connectivity index (χ2v) is 6.82. The van der Waals surface area contributed by atoms with Crippen molar-refractivity contribution in [1.82, 2.24) is 10.2 Å². The van der Waals surface area contributed by atoms with Crippen LogP contribution in [0.25, 0.3) is 0 Å². The molecule has 0 saturated carbocycles. The summed E-state index contributed by atoms with van der Waals surface area (Å²) in [5.41, 5.74) is 0. The van der Waals surface area contributed by atoms with Gasteiger partial charge < -0.3 is 10.2 Å². The zero-order valence-corrected chi connectivity index (χ0v) is 10.3. The summed E-state index contributed by atoms with van der Waals surface area (Å²) in [7, 11) is -2.97. The highest BCUT2D eigenvalue weighted by Gasteiger charge is 2.30. The molecule has 1 N–H and O–H groups in total. The molecule has 2 amide bonds. The molecule has 2 saturated heterocycles. The van der Waals surface area contributed by atoms with Gasteiger partial charge in [0.05, 0.1) is 18.1 Å². The highest BCUT2D eigenvalue weighted by atomic mass is 32.2. The van der Waals surface area contributed by atoms with Crippen molar-refractivity contribution in [2.45, 2.75) is 25.3 Å². The first-order chi connectivity index (χ1) is 7.96. The average molecular weight is 260 g/mol. The van der Waals surface area contributed by atoms with Gasteiger partial charge in [0.25, 0.3) is 0 Å². The Morgan fingerprint density at radius 1 is 1.47 bits per heavy atom. The summed E-state index contributed by atoms with van der Waals surface area (Å²) < 4.78 is 22.4. The molecule has 0 radical (unpaired) electrons. The van der Waals surface area contributed by atoms with Crippen molar-refractivity contribution in [3.63, 3.8) is 0 Å². The monoisotopic (exact) mass is 260 g/mol. The standard InChI is InChI=1S/C10H16N2O4S/c13-9(6-12-4-1-2-10(12)14)11-8-3-5-17(15,16)7-8/h8H,1-7H2,(H,11,13)/t8-/m1/s1. The van der Waals surface area contributed by atoms with E-state index >= 15 is 0 Å². The van der Waals surface area contributed by atoms with Gasteiger partial charge in [-0.15, -0.1) is 0 Å². The molecule has 2 heterocycles. The second-order valence-electron chi connectivity index (χ2n) is 4.59. The lowest BCUT2D eigenvalue weighted by molar-refractivity contribution is -0.133. The van der Waals surface area contributed by atoms with Crippen LogP contribution in [0.4, 0.5) is 0 Å². The molecule has 0 aromatic heterocycles. The molecule has 2 rings (SSSR count). The van der Waals surface area contributed by atoms with Gasteiger partial charge in [-0.3, -0.25) is 9.59 Å². The van der Waals surface area contributed by atoms with Crippen LogP contribution in [0.2, 0.25) is 0 Å². The normalized spacial score (nSPS) is 27.4. The number of amides is 2. The van der Waals surface area contributed by atoms with E-state index in [1.54, 1.807) is 0 Å². The molecule has 0 unspecified atom stereocenters. The molecule has 0 aromatic rings. The van der Waals surface area contributed by atoms with Crippen molar-refractivity contribution in [3.05, 3.63) is 0 Å². The topological polar surface area (TPSA) is 83.6 Å². The molecule has 96 valence electrons. The van der Waals surface area contributed by atoms with Crippen LogP contribution in [0.15, 0.2) is 0 Å². The summed E-state index contributed by atoms with van der Waals surface area (Å²) in [6.07, 6.45) is 1.77. The second kappa shape index (κ2) is 4.64. The quantitative estimate of drug-likeness (QED) is 0.699. The number of nitrogens with zero attached hydrogens (tertiary/aromatic N) is 1. The predicted molar refractivity (Wildman–Crippen MR) is 61.0 cm³/mol. The number of sulfone groups is 1. The number of carbonyl (C=O) groups is 2. The maximum atomic E-state index is 11.6. The van der Waals surface area contributed by atoms with Crippen LogP contribution in [0, 0.1) is 0 Å². The van der Waals surface area contributed by atoms with Crippen LogP contribution in [0.3, 0.4) is 0 Å². The van der Waals surface area contributed by atoms with Gasteiger partial charge >= 0.3 is 0 Å². The number of nitrogens with one attached hydrogen (secondary N) is 1. The van der Waals surface area contributed by atoms with Crippen LogP contribution in [0.5, 0.6) is 0 Å². The van der Waals surface area contributed by atoms with E-state index in [4.69, 9.17) is 0 Å². The molecular formula is C10H16N2O4S. The zero-order valence-electron chi connectivity index (χ0n) is 9.52. The number of likely N-dealkylation sites (tertiary alicyclic amines) is 1. The first kappa shape index (κ1) is 12.3. The Morgan fingerprint density at radius 3 is 2.76 bits per heavy atom. The molecular weight excluding hydrogens is 244 g/mol. The summed E-state index contributed by atoms with van der Waals surface area (Å²) in [6, 6.07) is -0.287. The molecule has 0 bridgehead atoms. The van der Waals surface area contributed by atoms with Crippen molar-refractivity contribution >= 4 is 21.7 Å². The van der Waals surface area contributed by atoms with Crippen LogP contribution in [0.1, 0.15) is 19.3 Å². The Hall–Kier alpha value is -1.11. The largest absolute Gasteiger partial charge is 0.351 e. The minimum Gasteiger partial charge on any atom is -0.351 e. The van der Waals surface area contributed by atoms with Gasteiger partial charge in [0.15, 0.2) is 9.84 Å². The molecule has 0 aliphatic carbocycles. The van der Waals surface area contributed by atoms with Crippen molar-refractivity contribution in [1.29, 1.82) is 0 Å². The van der Waals surface area contributed by atoms with Gasteiger partial charge in [-0.05, 0) is 12.8 Å². The van der Waals surface area contributed by atoms with Gasteiger partial charge in [-0.25, -0.2) is 8.42 Å². The average Bonchev–Trinajstić information content (AvgIpc) is 2.74. The van der Waals surface area contributed by atoms with E-state index in [1.165, 1.54) is 4.90 Å². The Labute approximate surface area is 100 Å². The van der Waals surface area contributed by atoms with E-state index in [2.05, 4.69) is 5.32 Å². The molecule has 2 aliphatic rings. The molecule has 0 aromatic carbocycles. The van der Waals surface area contributed by atoms with Crippen molar-refractivity contribution in [3.8, 4) is 0 Å².